The maximum absolute atomic E-state index is 10.8. The van der Waals surface area contributed by atoms with Crippen molar-refractivity contribution in [1.82, 2.24) is 0 Å². The molecule has 1 aromatic rings. The molecular formula is C9H9Cl2NO2. The molecule has 1 amide bonds. The van der Waals surface area contributed by atoms with Gasteiger partial charge in [-0.2, -0.15) is 0 Å². The van der Waals surface area contributed by atoms with Crippen LogP contribution in [0.4, 0.5) is 10.5 Å². The number of methoxy groups -OCH3 is 1. The standard InChI is InChI=1S/C9H9Cl2NO2/c1-12(9(11)13)6-3-4-8(14-2)7(10)5-6/h3-5H,1-2H3. The lowest BCUT2D eigenvalue weighted by molar-refractivity contribution is 0.265. The first-order valence-corrected chi connectivity index (χ1v) is 4.58. The van der Waals surface area contributed by atoms with E-state index in [4.69, 9.17) is 27.9 Å². The van der Waals surface area contributed by atoms with Crippen molar-refractivity contribution in [3.63, 3.8) is 0 Å². The number of carbonyl (C=O) groups excluding carboxylic acids is 1. The fourth-order valence-electron chi connectivity index (χ4n) is 0.965. The Kier molecular flexibility index (Phi) is 3.61. The molecule has 0 N–H and O–H groups in total. The number of ether oxygens (including phenoxy) is 1. The fraction of sp³-hybridized carbons (Fsp3) is 0.222. The SMILES string of the molecule is COc1ccc(N(C)C(=O)Cl)cc1Cl. The molecule has 0 fully saturated rings. The topological polar surface area (TPSA) is 29.5 Å². The number of halogens is 2. The highest BCUT2D eigenvalue weighted by molar-refractivity contribution is 6.66. The Morgan fingerprint density at radius 1 is 1.50 bits per heavy atom. The van der Waals surface area contributed by atoms with Crippen LogP contribution >= 0.6 is 23.2 Å². The van der Waals surface area contributed by atoms with Crippen molar-refractivity contribution in [2.45, 2.75) is 0 Å². The number of hydrogen-bond acceptors (Lipinski definition) is 2. The Morgan fingerprint density at radius 3 is 2.57 bits per heavy atom. The molecule has 0 unspecified atom stereocenters. The Hall–Kier alpha value is -0.930. The molecule has 0 aliphatic heterocycles. The summed E-state index contributed by atoms with van der Waals surface area (Å²) in [7, 11) is 3.09. The summed E-state index contributed by atoms with van der Waals surface area (Å²) in [5.74, 6) is 0.561. The largest absolute Gasteiger partial charge is 0.495 e. The average molecular weight is 234 g/mol. The van der Waals surface area contributed by atoms with E-state index >= 15 is 0 Å². The lowest BCUT2D eigenvalue weighted by atomic mass is 10.3. The van der Waals surface area contributed by atoms with E-state index in [0.29, 0.717) is 16.5 Å². The Morgan fingerprint density at radius 2 is 2.14 bits per heavy atom. The summed E-state index contributed by atoms with van der Waals surface area (Å²) in [4.78, 5) is 12.1. The number of nitrogens with zero attached hydrogens (tertiary/aromatic N) is 1. The van der Waals surface area contributed by atoms with Crippen LogP contribution in [-0.4, -0.2) is 19.5 Å². The highest BCUT2D eigenvalue weighted by Crippen LogP contribution is 2.28. The molecule has 0 bridgehead atoms. The maximum Gasteiger partial charge on any atom is 0.320 e. The predicted octanol–water partition coefficient (Wildman–Crippen LogP) is 3.14. The minimum absolute atomic E-state index is 0.440. The molecule has 5 heteroatoms. The normalized spacial score (nSPS) is 9.71. The van der Waals surface area contributed by atoms with Crippen molar-refractivity contribution in [3.05, 3.63) is 23.2 Å². The van der Waals surface area contributed by atoms with E-state index in [9.17, 15) is 4.79 Å². The third-order valence-corrected chi connectivity index (χ3v) is 2.34. The first kappa shape index (κ1) is 11.1. The van der Waals surface area contributed by atoms with Gasteiger partial charge in [-0.1, -0.05) is 11.6 Å². The highest BCUT2D eigenvalue weighted by Gasteiger charge is 2.09. The molecule has 76 valence electrons. The minimum Gasteiger partial charge on any atom is -0.495 e. The van der Waals surface area contributed by atoms with E-state index in [0.717, 1.165) is 0 Å². The predicted molar refractivity (Wildman–Crippen MR) is 57.7 cm³/mol. The summed E-state index contributed by atoms with van der Waals surface area (Å²) in [5.41, 5.74) is 0.621. The van der Waals surface area contributed by atoms with Crippen molar-refractivity contribution in [3.8, 4) is 5.75 Å². The van der Waals surface area contributed by atoms with E-state index in [1.165, 1.54) is 12.0 Å². The second-order valence-electron chi connectivity index (χ2n) is 2.63. The summed E-state index contributed by atoms with van der Waals surface area (Å²) in [6.45, 7) is 0. The molecule has 14 heavy (non-hydrogen) atoms. The van der Waals surface area contributed by atoms with E-state index in [-0.39, 0.29) is 0 Å². The summed E-state index contributed by atoms with van der Waals surface area (Å²) >= 11 is 11.2. The van der Waals surface area contributed by atoms with Crippen LogP contribution in [0.1, 0.15) is 0 Å². The smallest absolute Gasteiger partial charge is 0.320 e. The summed E-state index contributed by atoms with van der Waals surface area (Å²) in [6, 6.07) is 4.99. The molecule has 0 atom stereocenters. The Bertz CT molecular complexity index is 355. The van der Waals surface area contributed by atoms with Gasteiger partial charge in [0.1, 0.15) is 5.75 Å². The van der Waals surface area contributed by atoms with E-state index in [2.05, 4.69) is 0 Å². The molecule has 3 nitrogen and oxygen atoms in total. The van der Waals surface area contributed by atoms with Gasteiger partial charge in [0.05, 0.1) is 12.1 Å². The van der Waals surface area contributed by atoms with Crippen LogP contribution < -0.4 is 9.64 Å². The quantitative estimate of drug-likeness (QED) is 0.581. The van der Waals surface area contributed by atoms with E-state index in [1.54, 1.807) is 25.2 Å². The monoisotopic (exact) mass is 233 g/mol. The van der Waals surface area contributed by atoms with Gasteiger partial charge in [-0.25, -0.2) is 0 Å². The van der Waals surface area contributed by atoms with Gasteiger partial charge in [-0.15, -0.1) is 0 Å². The van der Waals surface area contributed by atoms with Gasteiger partial charge in [0.25, 0.3) is 0 Å². The van der Waals surface area contributed by atoms with Gasteiger partial charge in [0.15, 0.2) is 0 Å². The zero-order valence-electron chi connectivity index (χ0n) is 7.75. The third kappa shape index (κ3) is 2.30. The Balaban J connectivity index is 3.02. The maximum atomic E-state index is 10.8. The fourth-order valence-corrected chi connectivity index (χ4v) is 1.31. The van der Waals surface area contributed by atoms with E-state index < -0.39 is 5.37 Å². The number of benzene rings is 1. The van der Waals surface area contributed by atoms with Crippen molar-refractivity contribution in [1.29, 1.82) is 0 Å². The molecule has 0 heterocycles. The number of rotatable bonds is 2. The van der Waals surface area contributed by atoms with Gasteiger partial charge in [-0.3, -0.25) is 4.79 Å². The number of amides is 1. The van der Waals surface area contributed by atoms with Gasteiger partial charge in [0.2, 0.25) is 0 Å². The molecule has 0 aromatic heterocycles. The van der Waals surface area contributed by atoms with Crippen LogP contribution in [0.25, 0.3) is 0 Å². The third-order valence-electron chi connectivity index (χ3n) is 1.79. The minimum atomic E-state index is -0.564. The molecule has 0 spiro atoms. The first-order valence-electron chi connectivity index (χ1n) is 3.83. The zero-order chi connectivity index (χ0) is 10.7. The van der Waals surface area contributed by atoms with Crippen LogP contribution in [0, 0.1) is 0 Å². The van der Waals surface area contributed by atoms with Crippen molar-refractivity contribution < 1.29 is 9.53 Å². The number of hydrogen-bond donors (Lipinski definition) is 0. The van der Waals surface area contributed by atoms with Crippen LogP contribution in [0.5, 0.6) is 5.75 Å². The second-order valence-corrected chi connectivity index (χ2v) is 3.36. The molecule has 0 aliphatic carbocycles. The second kappa shape index (κ2) is 4.53. The van der Waals surface area contributed by atoms with E-state index in [1.807, 2.05) is 0 Å². The van der Waals surface area contributed by atoms with Gasteiger partial charge < -0.3 is 9.64 Å². The first-order chi connectivity index (χ1) is 6.56. The van der Waals surface area contributed by atoms with Gasteiger partial charge >= 0.3 is 5.37 Å². The van der Waals surface area contributed by atoms with Crippen molar-refractivity contribution >= 4 is 34.3 Å². The number of anilines is 1. The van der Waals surface area contributed by atoms with Gasteiger partial charge in [-0.05, 0) is 29.8 Å². The Labute approximate surface area is 92.2 Å². The number of carbonyl (C=O) groups is 1. The lowest BCUT2D eigenvalue weighted by Crippen LogP contribution is -2.19. The van der Waals surface area contributed by atoms with Crippen molar-refractivity contribution in [2.75, 3.05) is 19.1 Å². The molecule has 0 radical (unpaired) electrons. The van der Waals surface area contributed by atoms with Crippen LogP contribution in [0.3, 0.4) is 0 Å². The van der Waals surface area contributed by atoms with Crippen LogP contribution in [0.15, 0.2) is 18.2 Å². The molecule has 0 aliphatic rings. The van der Waals surface area contributed by atoms with Crippen LogP contribution in [0.2, 0.25) is 5.02 Å². The van der Waals surface area contributed by atoms with Gasteiger partial charge in [0, 0.05) is 12.7 Å². The zero-order valence-corrected chi connectivity index (χ0v) is 9.26. The summed E-state index contributed by atoms with van der Waals surface area (Å²) in [5, 5.41) is -0.124. The molecular weight excluding hydrogens is 225 g/mol. The average Bonchev–Trinajstić information content (AvgIpc) is 2.16. The van der Waals surface area contributed by atoms with Crippen molar-refractivity contribution in [2.24, 2.45) is 0 Å². The molecule has 0 saturated carbocycles. The summed E-state index contributed by atoms with van der Waals surface area (Å²) < 4.78 is 4.97. The molecule has 1 rings (SSSR count). The summed E-state index contributed by atoms with van der Waals surface area (Å²) in [6.07, 6.45) is 0. The highest BCUT2D eigenvalue weighted by atomic mass is 35.5. The lowest BCUT2D eigenvalue weighted by Gasteiger charge is -2.14. The molecule has 1 aromatic carbocycles. The molecule has 0 saturated heterocycles. The van der Waals surface area contributed by atoms with Crippen LogP contribution in [-0.2, 0) is 0 Å².